The van der Waals surface area contributed by atoms with Gasteiger partial charge in [-0.2, -0.15) is 0 Å². The van der Waals surface area contributed by atoms with Crippen molar-refractivity contribution >= 4 is 10.0 Å². The van der Waals surface area contributed by atoms with E-state index in [1.54, 1.807) is 0 Å². The van der Waals surface area contributed by atoms with Gasteiger partial charge in [-0.1, -0.05) is 60.7 Å². The van der Waals surface area contributed by atoms with E-state index in [2.05, 4.69) is 4.72 Å². The smallest absolute Gasteiger partial charge is 0.255 e. The average molecular weight is 411 g/mol. The molecule has 0 saturated heterocycles. The Kier molecular flexibility index (Phi) is 7.69. The molecule has 0 aromatic heterocycles. The van der Waals surface area contributed by atoms with Crippen LogP contribution in [0.4, 0.5) is 8.78 Å². The first kappa shape index (κ1) is 22.5. The first-order valence-electron chi connectivity index (χ1n) is 9.19. The van der Waals surface area contributed by atoms with Crippen molar-refractivity contribution in [1.29, 1.82) is 0 Å². The third-order valence-corrected chi connectivity index (χ3v) is 6.60. The summed E-state index contributed by atoms with van der Waals surface area (Å²) in [5.41, 5.74) is 1.95. The number of hydrogen-bond donors (Lipinski definition) is 1. The first-order valence-corrected chi connectivity index (χ1v) is 10.7. The Morgan fingerprint density at radius 2 is 1.32 bits per heavy atom. The zero-order valence-corrected chi connectivity index (χ0v) is 17.3. The quantitative estimate of drug-likeness (QED) is 0.679. The van der Waals surface area contributed by atoms with Crippen LogP contribution in [0.3, 0.4) is 0 Å². The van der Waals surface area contributed by atoms with Crippen LogP contribution >= 0.6 is 0 Å². The fourth-order valence-corrected chi connectivity index (χ4v) is 3.62. The third kappa shape index (κ3) is 6.65. The van der Waals surface area contributed by atoms with Crippen molar-refractivity contribution in [3.8, 4) is 0 Å². The molecule has 28 heavy (non-hydrogen) atoms. The van der Waals surface area contributed by atoms with Gasteiger partial charge in [-0.25, -0.2) is 21.9 Å². The van der Waals surface area contributed by atoms with Gasteiger partial charge in [0.05, 0.1) is 10.8 Å². The Labute approximate surface area is 166 Å². The molecule has 154 valence electrons. The minimum Gasteiger partial charge on any atom is -0.293 e. The number of hydrogen-bond acceptors (Lipinski definition) is 3. The zero-order chi connectivity index (χ0) is 20.8. The number of nitrogens with one attached hydrogen (secondary N) is 1. The van der Waals surface area contributed by atoms with Gasteiger partial charge in [0.1, 0.15) is 0 Å². The van der Waals surface area contributed by atoms with Gasteiger partial charge in [0, 0.05) is 19.6 Å². The van der Waals surface area contributed by atoms with E-state index in [-0.39, 0.29) is 6.54 Å². The van der Waals surface area contributed by atoms with Gasteiger partial charge in [-0.15, -0.1) is 0 Å². The summed E-state index contributed by atoms with van der Waals surface area (Å²) in [5, 5.41) is 0. The predicted octanol–water partition coefficient (Wildman–Crippen LogP) is 4.04. The number of halogens is 2. The Morgan fingerprint density at radius 3 is 1.68 bits per heavy atom. The van der Waals surface area contributed by atoms with Gasteiger partial charge < -0.3 is 0 Å². The third-order valence-electron chi connectivity index (χ3n) is 4.37. The fraction of sp³-hybridized carbons (Fsp3) is 0.429. The molecule has 2 aromatic rings. The van der Waals surface area contributed by atoms with Gasteiger partial charge >= 0.3 is 0 Å². The summed E-state index contributed by atoms with van der Waals surface area (Å²) >= 11 is 0. The Bertz CT molecular complexity index is 781. The van der Waals surface area contributed by atoms with Crippen molar-refractivity contribution in [3.05, 3.63) is 71.8 Å². The second-order valence-corrected chi connectivity index (χ2v) is 10.3. The largest absolute Gasteiger partial charge is 0.293 e. The summed E-state index contributed by atoms with van der Waals surface area (Å²) in [6.45, 7) is 5.25. The van der Waals surface area contributed by atoms with E-state index in [0.717, 1.165) is 11.1 Å². The molecule has 7 heteroatoms. The van der Waals surface area contributed by atoms with Crippen molar-refractivity contribution in [2.45, 2.75) is 51.1 Å². The molecule has 0 spiro atoms. The van der Waals surface area contributed by atoms with Gasteiger partial charge in [0.25, 0.3) is 6.43 Å². The standard InChI is InChI=1S/C21H28F2N2O2S/c1-21(2,3)28(26,27)24-19(20(22)23)16-25(14-17-10-6-4-7-11-17)15-18-12-8-5-9-13-18/h4-13,19-20,24H,14-16H2,1-3H3/t19-/m0/s1. The highest BCUT2D eigenvalue weighted by Crippen LogP contribution is 2.18. The van der Waals surface area contributed by atoms with Gasteiger partial charge in [-0.3, -0.25) is 4.90 Å². The highest BCUT2D eigenvalue weighted by Gasteiger charge is 2.35. The number of benzene rings is 2. The molecule has 0 aliphatic heterocycles. The number of sulfonamides is 1. The maximum Gasteiger partial charge on any atom is 0.255 e. The molecule has 0 aliphatic rings. The fourth-order valence-electron chi connectivity index (χ4n) is 2.69. The molecule has 0 heterocycles. The molecule has 1 N–H and O–H groups in total. The normalized spacial score (nSPS) is 13.8. The first-order chi connectivity index (χ1) is 13.1. The highest BCUT2D eigenvalue weighted by atomic mass is 32.2. The van der Waals surface area contributed by atoms with Gasteiger partial charge in [-0.05, 0) is 31.9 Å². The molecule has 0 fully saturated rings. The molecular formula is C21H28F2N2O2S. The van der Waals surface area contributed by atoms with E-state index in [0.29, 0.717) is 13.1 Å². The van der Waals surface area contributed by atoms with Crippen LogP contribution < -0.4 is 4.72 Å². The van der Waals surface area contributed by atoms with E-state index < -0.39 is 27.2 Å². The van der Waals surface area contributed by atoms with Crippen LogP contribution in [-0.4, -0.2) is 37.1 Å². The molecule has 2 rings (SSSR count). The number of rotatable bonds is 9. The Morgan fingerprint density at radius 1 is 0.893 bits per heavy atom. The monoisotopic (exact) mass is 410 g/mol. The van der Waals surface area contributed by atoms with Crippen molar-refractivity contribution in [3.63, 3.8) is 0 Å². The van der Waals surface area contributed by atoms with Crippen molar-refractivity contribution in [2.24, 2.45) is 0 Å². The molecular weight excluding hydrogens is 382 g/mol. The van der Waals surface area contributed by atoms with Crippen LogP contribution in [0.1, 0.15) is 31.9 Å². The molecule has 0 amide bonds. The van der Waals surface area contributed by atoms with Crippen LogP contribution in [0, 0.1) is 0 Å². The molecule has 0 saturated carbocycles. The summed E-state index contributed by atoms with van der Waals surface area (Å²) in [6, 6.07) is 17.6. The highest BCUT2D eigenvalue weighted by molar-refractivity contribution is 7.90. The molecule has 0 radical (unpaired) electrons. The Hall–Kier alpha value is -1.83. The van der Waals surface area contributed by atoms with E-state index >= 15 is 0 Å². The maximum atomic E-state index is 13.7. The number of alkyl halides is 2. The van der Waals surface area contributed by atoms with Crippen molar-refractivity contribution < 1.29 is 17.2 Å². The average Bonchev–Trinajstić information content (AvgIpc) is 2.61. The van der Waals surface area contributed by atoms with Crippen molar-refractivity contribution in [1.82, 2.24) is 9.62 Å². The summed E-state index contributed by atoms with van der Waals surface area (Å²) < 4.78 is 53.3. The number of nitrogens with zero attached hydrogens (tertiary/aromatic N) is 1. The lowest BCUT2D eigenvalue weighted by Gasteiger charge is -2.30. The topological polar surface area (TPSA) is 49.4 Å². The SMILES string of the molecule is CC(C)(C)S(=O)(=O)N[C@@H](CN(Cc1ccccc1)Cc1ccccc1)C(F)F. The molecule has 4 nitrogen and oxygen atoms in total. The zero-order valence-electron chi connectivity index (χ0n) is 16.5. The summed E-state index contributed by atoms with van der Waals surface area (Å²) in [5.74, 6) is 0. The lowest BCUT2D eigenvalue weighted by Crippen LogP contribution is -2.52. The summed E-state index contributed by atoms with van der Waals surface area (Å²) in [4.78, 5) is 1.84. The minimum absolute atomic E-state index is 0.100. The summed E-state index contributed by atoms with van der Waals surface area (Å²) in [7, 11) is -3.89. The second kappa shape index (κ2) is 9.58. The van der Waals surface area contributed by atoms with Gasteiger partial charge in [0.15, 0.2) is 0 Å². The van der Waals surface area contributed by atoms with Crippen LogP contribution in [0.25, 0.3) is 0 Å². The minimum atomic E-state index is -3.89. The van der Waals surface area contributed by atoms with Crippen molar-refractivity contribution in [2.75, 3.05) is 6.54 Å². The molecule has 0 bridgehead atoms. The van der Waals surface area contributed by atoms with Gasteiger partial charge in [0.2, 0.25) is 10.0 Å². The van der Waals surface area contributed by atoms with E-state index in [4.69, 9.17) is 0 Å². The second-order valence-electron chi connectivity index (χ2n) is 7.82. The van der Waals surface area contributed by atoms with E-state index in [1.165, 1.54) is 20.8 Å². The lowest BCUT2D eigenvalue weighted by atomic mass is 10.1. The summed E-state index contributed by atoms with van der Waals surface area (Å²) in [6.07, 6.45) is -2.81. The van der Waals surface area contributed by atoms with Crippen LogP contribution in [0.15, 0.2) is 60.7 Å². The van der Waals surface area contributed by atoms with Crippen LogP contribution in [0.2, 0.25) is 0 Å². The molecule has 0 unspecified atom stereocenters. The van der Waals surface area contributed by atoms with Crippen LogP contribution in [0.5, 0.6) is 0 Å². The molecule has 2 aromatic carbocycles. The predicted molar refractivity (Wildman–Crippen MR) is 109 cm³/mol. The Balaban J connectivity index is 2.22. The lowest BCUT2D eigenvalue weighted by molar-refractivity contribution is 0.0810. The maximum absolute atomic E-state index is 13.7. The van der Waals surface area contributed by atoms with Crippen LogP contribution in [-0.2, 0) is 23.1 Å². The van der Waals surface area contributed by atoms with E-state index in [1.807, 2.05) is 65.6 Å². The molecule has 0 aliphatic carbocycles. The van der Waals surface area contributed by atoms with E-state index in [9.17, 15) is 17.2 Å². The molecule has 1 atom stereocenters.